The van der Waals surface area contributed by atoms with Crippen LogP contribution in [-0.4, -0.2) is 11.0 Å². The average molecular weight is 291 g/mol. The minimum absolute atomic E-state index is 0.00762. The van der Waals surface area contributed by atoms with Crippen LogP contribution in [0.1, 0.15) is 21.5 Å². The molecule has 2 rings (SSSR count). The van der Waals surface area contributed by atoms with Gasteiger partial charge in [0.2, 0.25) is 0 Å². The molecule has 0 bridgehead atoms. The number of nitrogens with one attached hydrogen (secondary N) is 1. The predicted octanol–water partition coefficient (Wildman–Crippen LogP) is 2.34. The summed E-state index contributed by atoms with van der Waals surface area (Å²) in [6.45, 7) is 0.402. The number of amides is 1. The van der Waals surface area contributed by atoms with Crippen molar-refractivity contribution >= 4 is 23.2 Å². The molecule has 0 saturated carbocycles. The first-order valence-corrected chi connectivity index (χ1v) is 6.50. The SMILES string of the molecule is Nc1ccc(C(=O)NCc2ccc(CO)cc2)c(Cl)c1. The summed E-state index contributed by atoms with van der Waals surface area (Å²) in [5.41, 5.74) is 8.28. The van der Waals surface area contributed by atoms with Gasteiger partial charge in [-0.2, -0.15) is 0 Å². The van der Waals surface area contributed by atoms with Gasteiger partial charge in [0.05, 0.1) is 17.2 Å². The average Bonchev–Trinajstić information content (AvgIpc) is 2.45. The Hall–Kier alpha value is -2.04. The van der Waals surface area contributed by atoms with Crippen molar-refractivity contribution in [3.8, 4) is 0 Å². The fraction of sp³-hybridized carbons (Fsp3) is 0.133. The van der Waals surface area contributed by atoms with E-state index in [-0.39, 0.29) is 12.5 Å². The van der Waals surface area contributed by atoms with Crippen LogP contribution >= 0.6 is 11.6 Å². The molecule has 0 unspecified atom stereocenters. The van der Waals surface area contributed by atoms with E-state index in [4.69, 9.17) is 22.4 Å². The monoisotopic (exact) mass is 290 g/mol. The number of rotatable bonds is 4. The first-order chi connectivity index (χ1) is 9.60. The standard InChI is InChI=1S/C15H15ClN2O2/c16-14-7-12(17)5-6-13(14)15(20)18-8-10-1-3-11(9-19)4-2-10/h1-7,19H,8-9,17H2,(H,18,20). The Morgan fingerprint density at radius 2 is 1.80 bits per heavy atom. The summed E-state index contributed by atoms with van der Waals surface area (Å²) in [6, 6.07) is 12.1. The second-order valence-corrected chi connectivity index (χ2v) is 4.80. The highest BCUT2D eigenvalue weighted by Gasteiger charge is 2.09. The van der Waals surface area contributed by atoms with Crippen LogP contribution in [0.3, 0.4) is 0 Å². The molecular formula is C15H15ClN2O2. The lowest BCUT2D eigenvalue weighted by molar-refractivity contribution is 0.0951. The number of aliphatic hydroxyl groups is 1. The lowest BCUT2D eigenvalue weighted by atomic mass is 10.1. The normalized spacial score (nSPS) is 10.3. The third kappa shape index (κ3) is 3.50. The van der Waals surface area contributed by atoms with Crippen molar-refractivity contribution in [3.63, 3.8) is 0 Å². The molecule has 4 nitrogen and oxygen atoms in total. The van der Waals surface area contributed by atoms with Gasteiger partial charge in [-0.25, -0.2) is 0 Å². The van der Waals surface area contributed by atoms with E-state index in [0.29, 0.717) is 22.8 Å². The molecule has 0 heterocycles. The maximum Gasteiger partial charge on any atom is 0.253 e. The molecule has 20 heavy (non-hydrogen) atoms. The Morgan fingerprint density at radius 3 is 2.40 bits per heavy atom. The Balaban J connectivity index is 2.00. The number of nitrogen functional groups attached to an aromatic ring is 1. The zero-order chi connectivity index (χ0) is 14.5. The zero-order valence-electron chi connectivity index (χ0n) is 10.8. The molecule has 0 aliphatic rings. The maximum atomic E-state index is 12.0. The number of anilines is 1. The topological polar surface area (TPSA) is 75.4 Å². The van der Waals surface area contributed by atoms with Gasteiger partial charge in [-0.15, -0.1) is 0 Å². The fourth-order valence-electron chi connectivity index (χ4n) is 1.76. The van der Waals surface area contributed by atoms with Gasteiger partial charge in [-0.3, -0.25) is 4.79 Å². The van der Waals surface area contributed by atoms with E-state index < -0.39 is 0 Å². The quantitative estimate of drug-likeness (QED) is 0.757. The van der Waals surface area contributed by atoms with Crippen LogP contribution < -0.4 is 11.1 Å². The molecule has 1 amide bonds. The predicted molar refractivity (Wildman–Crippen MR) is 79.4 cm³/mol. The highest BCUT2D eigenvalue weighted by molar-refractivity contribution is 6.34. The van der Waals surface area contributed by atoms with Crippen LogP contribution in [0.2, 0.25) is 5.02 Å². The van der Waals surface area contributed by atoms with Crippen molar-refractivity contribution in [1.82, 2.24) is 5.32 Å². The minimum atomic E-state index is -0.249. The first-order valence-electron chi connectivity index (χ1n) is 6.12. The number of halogens is 1. The number of carbonyl (C=O) groups excluding carboxylic acids is 1. The van der Waals surface area contributed by atoms with E-state index in [9.17, 15) is 4.79 Å². The highest BCUT2D eigenvalue weighted by atomic mass is 35.5. The summed E-state index contributed by atoms with van der Waals surface area (Å²) in [7, 11) is 0. The molecule has 4 N–H and O–H groups in total. The van der Waals surface area contributed by atoms with Crippen molar-refractivity contribution in [2.45, 2.75) is 13.2 Å². The van der Waals surface area contributed by atoms with Gasteiger partial charge in [-0.1, -0.05) is 35.9 Å². The van der Waals surface area contributed by atoms with Crippen LogP contribution in [0, 0.1) is 0 Å². The molecule has 2 aromatic carbocycles. The van der Waals surface area contributed by atoms with Crippen molar-refractivity contribution in [1.29, 1.82) is 0 Å². The number of benzene rings is 2. The lowest BCUT2D eigenvalue weighted by Crippen LogP contribution is -2.23. The first kappa shape index (κ1) is 14.4. The van der Waals surface area contributed by atoms with Gasteiger partial charge in [-0.05, 0) is 29.3 Å². The number of carbonyl (C=O) groups is 1. The molecule has 2 aromatic rings. The highest BCUT2D eigenvalue weighted by Crippen LogP contribution is 2.19. The molecule has 0 saturated heterocycles. The number of aliphatic hydroxyl groups excluding tert-OH is 1. The second kappa shape index (κ2) is 6.41. The summed E-state index contributed by atoms with van der Waals surface area (Å²) in [5.74, 6) is -0.249. The summed E-state index contributed by atoms with van der Waals surface area (Å²) >= 11 is 5.98. The van der Waals surface area contributed by atoms with E-state index in [2.05, 4.69) is 5.32 Å². The van der Waals surface area contributed by atoms with Crippen molar-refractivity contribution in [3.05, 3.63) is 64.2 Å². The van der Waals surface area contributed by atoms with Crippen molar-refractivity contribution < 1.29 is 9.90 Å². The summed E-state index contributed by atoms with van der Waals surface area (Å²) < 4.78 is 0. The number of hydrogen-bond acceptors (Lipinski definition) is 3. The fourth-order valence-corrected chi connectivity index (χ4v) is 2.03. The lowest BCUT2D eigenvalue weighted by Gasteiger charge is -2.08. The Bertz CT molecular complexity index is 612. The van der Waals surface area contributed by atoms with Gasteiger partial charge in [0.25, 0.3) is 5.91 Å². The van der Waals surface area contributed by atoms with Gasteiger partial charge >= 0.3 is 0 Å². The van der Waals surface area contributed by atoms with E-state index in [1.807, 2.05) is 24.3 Å². The van der Waals surface area contributed by atoms with Gasteiger partial charge in [0.15, 0.2) is 0 Å². The Kier molecular flexibility index (Phi) is 4.61. The third-order valence-corrected chi connectivity index (χ3v) is 3.21. The van der Waals surface area contributed by atoms with E-state index >= 15 is 0 Å². The molecule has 104 valence electrons. The van der Waals surface area contributed by atoms with Gasteiger partial charge in [0, 0.05) is 12.2 Å². The minimum Gasteiger partial charge on any atom is -0.399 e. The van der Waals surface area contributed by atoms with Crippen molar-refractivity contribution in [2.75, 3.05) is 5.73 Å². The molecule has 0 atom stereocenters. The van der Waals surface area contributed by atoms with E-state index in [1.54, 1.807) is 18.2 Å². The molecule has 0 radical (unpaired) electrons. The van der Waals surface area contributed by atoms with Crippen LogP contribution in [0.15, 0.2) is 42.5 Å². The smallest absolute Gasteiger partial charge is 0.253 e. The maximum absolute atomic E-state index is 12.0. The van der Waals surface area contributed by atoms with Crippen LogP contribution in [0.25, 0.3) is 0 Å². The Labute approximate surface area is 122 Å². The zero-order valence-corrected chi connectivity index (χ0v) is 11.5. The molecular weight excluding hydrogens is 276 g/mol. The van der Waals surface area contributed by atoms with Crippen LogP contribution in [-0.2, 0) is 13.2 Å². The largest absolute Gasteiger partial charge is 0.399 e. The second-order valence-electron chi connectivity index (χ2n) is 4.40. The number of hydrogen-bond donors (Lipinski definition) is 3. The number of nitrogens with two attached hydrogens (primary N) is 1. The van der Waals surface area contributed by atoms with Gasteiger partial charge < -0.3 is 16.2 Å². The Morgan fingerprint density at radius 1 is 1.15 bits per heavy atom. The summed E-state index contributed by atoms with van der Waals surface area (Å²) in [6.07, 6.45) is 0. The molecule has 0 aliphatic carbocycles. The van der Waals surface area contributed by atoms with Gasteiger partial charge in [0.1, 0.15) is 0 Å². The molecule has 5 heteroatoms. The molecule has 0 spiro atoms. The van der Waals surface area contributed by atoms with Crippen LogP contribution in [0.4, 0.5) is 5.69 Å². The molecule has 0 fully saturated rings. The summed E-state index contributed by atoms with van der Waals surface area (Å²) in [4.78, 5) is 12.0. The van der Waals surface area contributed by atoms with Crippen molar-refractivity contribution in [2.24, 2.45) is 0 Å². The summed E-state index contributed by atoms with van der Waals surface area (Å²) in [5, 5.41) is 12.1. The molecule has 0 aromatic heterocycles. The van der Waals surface area contributed by atoms with E-state index in [1.165, 1.54) is 0 Å². The van der Waals surface area contributed by atoms with E-state index in [0.717, 1.165) is 11.1 Å². The third-order valence-electron chi connectivity index (χ3n) is 2.90. The van der Waals surface area contributed by atoms with Crippen LogP contribution in [0.5, 0.6) is 0 Å². The molecule has 0 aliphatic heterocycles.